The average Bonchev–Trinajstić information content (AvgIpc) is 3.67. The van der Waals surface area contributed by atoms with Crippen LogP contribution < -0.4 is 4.40 Å². The molecule has 0 N–H and O–H groups in total. The Hall–Kier alpha value is -4.09. The predicted molar refractivity (Wildman–Crippen MR) is 190 cm³/mol. The van der Waals surface area contributed by atoms with Crippen molar-refractivity contribution in [2.75, 3.05) is 0 Å². The summed E-state index contributed by atoms with van der Waals surface area (Å²) in [6, 6.07) is 46.6. The van der Waals surface area contributed by atoms with E-state index in [1.54, 1.807) is 12.1 Å². The van der Waals surface area contributed by atoms with Crippen LogP contribution in [0.15, 0.2) is 137 Å². The minimum Gasteiger partial charge on any atom is -0.501 e. The molecular formula is C41H34GeIrN2O-2. The van der Waals surface area contributed by atoms with Gasteiger partial charge in [-0.05, 0) is 29.0 Å². The summed E-state index contributed by atoms with van der Waals surface area (Å²) in [4.78, 5) is 9.51. The van der Waals surface area contributed by atoms with Gasteiger partial charge < -0.3 is 4.42 Å². The standard InChI is InChI=1S/C26H16NO.C15H18GeN.Ir/c1-2-9-17(10-3-1)24-20-12-4-6-15-22(20)27-25(24)21-14-8-13-19-18-11-5-7-16-23(18)28-26(19)21;1-12-5-7-13(8-6-12)15-10-9-14(11-17-15)16(2,3)4;/h1-13,15-16,24H;5-7,9-11H,1-4H3;/q2*-1;/i;1D3;. The van der Waals surface area contributed by atoms with Crippen molar-refractivity contribution in [1.29, 1.82) is 0 Å². The van der Waals surface area contributed by atoms with Crippen LogP contribution in [-0.2, 0) is 20.1 Å². The number of nitrogens with zero attached hydrogens (tertiary/aromatic N) is 2. The van der Waals surface area contributed by atoms with Gasteiger partial charge in [0.05, 0.1) is 11.3 Å². The summed E-state index contributed by atoms with van der Waals surface area (Å²) in [6.45, 7) is -2.08. The maximum atomic E-state index is 7.35. The molecule has 0 bridgehead atoms. The molecule has 1 aliphatic heterocycles. The monoisotopic (exact) mass is 840 g/mol. The van der Waals surface area contributed by atoms with Crippen molar-refractivity contribution < 1.29 is 28.6 Å². The van der Waals surface area contributed by atoms with Crippen LogP contribution >= 0.6 is 0 Å². The van der Waals surface area contributed by atoms with Crippen LogP contribution in [0.3, 0.4) is 0 Å². The van der Waals surface area contributed by atoms with Crippen molar-refractivity contribution in [3.63, 3.8) is 0 Å². The van der Waals surface area contributed by atoms with E-state index in [1.807, 2.05) is 48.7 Å². The molecule has 0 aliphatic carbocycles. The third-order valence-electron chi connectivity index (χ3n) is 8.21. The number of rotatable bonds is 4. The molecule has 8 rings (SSSR count). The summed E-state index contributed by atoms with van der Waals surface area (Å²) >= 11 is -1.83. The minimum atomic E-state index is -2.08. The Morgan fingerprint density at radius 3 is 2.30 bits per heavy atom. The molecule has 0 saturated carbocycles. The number of aromatic nitrogens is 1. The largest absolute Gasteiger partial charge is 0.501 e. The normalized spacial score (nSPS) is 15.1. The third kappa shape index (κ3) is 6.30. The first-order valence-corrected chi connectivity index (χ1v) is 22.5. The first-order chi connectivity index (χ1) is 23.1. The van der Waals surface area contributed by atoms with Crippen LogP contribution in [0.2, 0.25) is 17.3 Å². The van der Waals surface area contributed by atoms with E-state index in [1.165, 1.54) is 21.6 Å². The van der Waals surface area contributed by atoms with E-state index in [4.69, 9.17) is 13.5 Å². The fourth-order valence-electron chi connectivity index (χ4n) is 5.82. The quantitative estimate of drug-likeness (QED) is 0.131. The van der Waals surface area contributed by atoms with E-state index < -0.39 is 20.1 Å². The molecule has 1 radical (unpaired) electrons. The number of fused-ring (bicyclic) bond motifs is 4. The Bertz CT molecular complexity index is 2200. The van der Waals surface area contributed by atoms with Crippen LogP contribution in [-0.4, -0.2) is 24.0 Å². The molecule has 0 amide bonds. The van der Waals surface area contributed by atoms with Gasteiger partial charge in [-0.3, -0.25) is 4.99 Å². The van der Waals surface area contributed by atoms with E-state index in [9.17, 15) is 0 Å². The molecule has 1 atom stereocenters. The molecule has 1 aliphatic rings. The van der Waals surface area contributed by atoms with Gasteiger partial charge in [0, 0.05) is 31.4 Å². The maximum Gasteiger partial charge on any atom is 0.120 e. The molecule has 0 fully saturated rings. The molecule has 3 nitrogen and oxygen atoms in total. The predicted octanol–water partition coefficient (Wildman–Crippen LogP) is 10.1. The molecule has 229 valence electrons. The third-order valence-corrected chi connectivity index (χ3v) is 12.5. The summed E-state index contributed by atoms with van der Waals surface area (Å²) in [5.41, 5.74) is 9.13. The Kier molecular flexibility index (Phi) is 8.16. The van der Waals surface area contributed by atoms with Crippen molar-refractivity contribution in [2.24, 2.45) is 4.99 Å². The van der Waals surface area contributed by atoms with Gasteiger partial charge in [-0.25, -0.2) is 0 Å². The Labute approximate surface area is 291 Å². The van der Waals surface area contributed by atoms with Gasteiger partial charge in [-0.1, -0.05) is 77.7 Å². The van der Waals surface area contributed by atoms with Gasteiger partial charge in [0.2, 0.25) is 0 Å². The van der Waals surface area contributed by atoms with Gasteiger partial charge >= 0.3 is 110 Å². The van der Waals surface area contributed by atoms with E-state index in [-0.39, 0.29) is 26.0 Å². The van der Waals surface area contributed by atoms with Crippen LogP contribution in [0, 0.1) is 19.0 Å². The number of aryl methyl sites for hydroxylation is 1. The van der Waals surface area contributed by atoms with Crippen molar-refractivity contribution in [3.05, 3.63) is 162 Å². The molecule has 46 heavy (non-hydrogen) atoms. The van der Waals surface area contributed by atoms with Crippen molar-refractivity contribution in [2.45, 2.75) is 30.0 Å². The van der Waals surface area contributed by atoms with E-state index in [2.05, 4.69) is 95.0 Å². The Morgan fingerprint density at radius 2 is 1.57 bits per heavy atom. The van der Waals surface area contributed by atoms with Gasteiger partial charge in [-0.2, -0.15) is 0 Å². The summed E-state index contributed by atoms with van der Waals surface area (Å²) in [5.74, 6) is 7.06. The van der Waals surface area contributed by atoms with Crippen LogP contribution in [0.4, 0.5) is 5.69 Å². The SMILES string of the molecule is [2H]C([2H])([2H])c1c[c-]c(-c2cc[c]([Ge]([CH3])([CH3])[CH3])cn2)cc1.[Ir].[c-]1ccc2c(oc3ccccc32)c1C1=Nc2ccccc2C1c1ccccc1. The van der Waals surface area contributed by atoms with Crippen molar-refractivity contribution in [3.8, 4) is 11.3 Å². The second kappa shape index (κ2) is 13.3. The summed E-state index contributed by atoms with van der Waals surface area (Å²) in [6.07, 6.45) is 1.95. The molecule has 5 aromatic carbocycles. The van der Waals surface area contributed by atoms with Crippen LogP contribution in [0.1, 0.15) is 32.3 Å². The zero-order chi connectivity index (χ0) is 33.5. The van der Waals surface area contributed by atoms with Gasteiger partial charge in [0.25, 0.3) is 0 Å². The van der Waals surface area contributed by atoms with E-state index in [0.717, 1.165) is 50.2 Å². The van der Waals surface area contributed by atoms with Gasteiger partial charge in [-0.15, -0.1) is 18.2 Å². The van der Waals surface area contributed by atoms with Gasteiger partial charge in [0.15, 0.2) is 0 Å². The van der Waals surface area contributed by atoms with Gasteiger partial charge in [0.1, 0.15) is 5.58 Å². The fourth-order valence-corrected chi connectivity index (χ4v) is 7.99. The number of furan rings is 1. The molecular weight excluding hydrogens is 801 g/mol. The second-order valence-corrected chi connectivity index (χ2v) is 22.9. The molecule has 0 spiro atoms. The van der Waals surface area contributed by atoms with Crippen LogP contribution in [0.5, 0.6) is 0 Å². The number of hydrogen-bond donors (Lipinski definition) is 0. The number of aliphatic imine (C=N–C) groups is 1. The smallest absolute Gasteiger partial charge is 0.120 e. The number of pyridine rings is 1. The molecule has 7 aromatic rings. The Balaban J connectivity index is 0.000000177. The summed E-state index contributed by atoms with van der Waals surface area (Å²) < 4.78 is 29.7. The van der Waals surface area contributed by atoms with E-state index in [0.29, 0.717) is 5.56 Å². The first kappa shape index (κ1) is 28.2. The van der Waals surface area contributed by atoms with Crippen molar-refractivity contribution in [1.82, 2.24) is 4.98 Å². The van der Waals surface area contributed by atoms with Crippen molar-refractivity contribution >= 4 is 51.0 Å². The maximum absolute atomic E-state index is 7.35. The molecule has 1 unspecified atom stereocenters. The number of hydrogen-bond acceptors (Lipinski definition) is 3. The number of benzene rings is 5. The average molecular weight is 839 g/mol. The fraction of sp³-hybridized carbons (Fsp3) is 0.122. The number of para-hydroxylation sites is 2. The zero-order valence-corrected chi connectivity index (χ0v) is 30.3. The van der Waals surface area contributed by atoms with E-state index >= 15 is 0 Å². The molecule has 0 saturated heterocycles. The molecule has 2 aromatic heterocycles. The Morgan fingerprint density at radius 1 is 0.783 bits per heavy atom. The molecule has 3 heterocycles. The molecule has 5 heteroatoms. The topological polar surface area (TPSA) is 38.4 Å². The summed E-state index contributed by atoms with van der Waals surface area (Å²) in [5, 5.41) is 2.23. The minimum absolute atomic E-state index is 0. The van der Waals surface area contributed by atoms with Crippen LogP contribution in [0.25, 0.3) is 33.2 Å². The second-order valence-electron chi connectivity index (χ2n) is 12.3. The first-order valence-electron chi connectivity index (χ1n) is 16.6. The zero-order valence-electron chi connectivity index (χ0n) is 28.8. The summed E-state index contributed by atoms with van der Waals surface area (Å²) in [7, 11) is 0.